The number of rotatable bonds is 5. The van der Waals surface area contributed by atoms with Crippen molar-refractivity contribution in [2.45, 2.75) is 26.8 Å². The molecule has 1 amide bonds. The Morgan fingerprint density at radius 3 is 2.59 bits per heavy atom. The van der Waals surface area contributed by atoms with E-state index >= 15 is 0 Å². The second-order valence-corrected chi connectivity index (χ2v) is 3.74. The van der Waals surface area contributed by atoms with Crippen molar-refractivity contribution in [2.75, 3.05) is 18.4 Å². The maximum atomic E-state index is 12.7. The van der Waals surface area contributed by atoms with Crippen LogP contribution in [0.25, 0.3) is 0 Å². The molecule has 17 heavy (non-hydrogen) atoms. The molecule has 0 aliphatic rings. The molecule has 0 radical (unpaired) electrons. The van der Waals surface area contributed by atoms with Crippen molar-refractivity contribution in [3.05, 3.63) is 24.1 Å². The summed E-state index contributed by atoms with van der Waals surface area (Å²) in [5.74, 6) is 0.124. The highest BCUT2D eigenvalue weighted by Gasteiger charge is 2.17. The largest absolute Gasteiger partial charge is 0.359 e. The van der Waals surface area contributed by atoms with Gasteiger partial charge in [0.1, 0.15) is 17.7 Å². The Bertz CT molecular complexity index is 363. The first kappa shape index (κ1) is 13.4. The van der Waals surface area contributed by atoms with Gasteiger partial charge < -0.3 is 10.2 Å². The highest BCUT2D eigenvalue weighted by Crippen LogP contribution is 2.07. The van der Waals surface area contributed by atoms with E-state index in [1.807, 2.05) is 13.8 Å². The van der Waals surface area contributed by atoms with Gasteiger partial charge in [-0.3, -0.25) is 4.79 Å². The zero-order chi connectivity index (χ0) is 12.8. The van der Waals surface area contributed by atoms with Crippen molar-refractivity contribution < 1.29 is 9.18 Å². The second kappa shape index (κ2) is 6.18. The number of pyridine rings is 1. The van der Waals surface area contributed by atoms with Gasteiger partial charge in [-0.1, -0.05) is 0 Å². The van der Waals surface area contributed by atoms with Crippen molar-refractivity contribution in [2.24, 2.45) is 0 Å². The lowest BCUT2D eigenvalue weighted by Gasteiger charge is -2.23. The van der Waals surface area contributed by atoms with Crippen LogP contribution in [0.4, 0.5) is 10.2 Å². The van der Waals surface area contributed by atoms with Crippen LogP contribution in [0.15, 0.2) is 18.3 Å². The maximum absolute atomic E-state index is 12.7. The predicted molar refractivity (Wildman–Crippen MR) is 65.2 cm³/mol. The molecule has 1 N–H and O–H groups in total. The lowest BCUT2D eigenvalue weighted by molar-refractivity contribution is -0.131. The van der Waals surface area contributed by atoms with Gasteiger partial charge in [-0.25, -0.2) is 9.37 Å². The van der Waals surface area contributed by atoms with E-state index < -0.39 is 5.82 Å². The van der Waals surface area contributed by atoms with Crippen LogP contribution < -0.4 is 5.32 Å². The highest BCUT2D eigenvalue weighted by molar-refractivity contribution is 5.83. The SMILES string of the molecule is CCN(CC)C(=O)C(C)Nc1ccc(F)cn1. The van der Waals surface area contributed by atoms with Crippen LogP contribution in [-0.4, -0.2) is 34.9 Å². The van der Waals surface area contributed by atoms with E-state index in [4.69, 9.17) is 0 Å². The molecular weight excluding hydrogens is 221 g/mol. The molecule has 0 spiro atoms. The molecule has 0 aliphatic heterocycles. The summed E-state index contributed by atoms with van der Waals surface area (Å²) in [6, 6.07) is 2.46. The smallest absolute Gasteiger partial charge is 0.244 e. The molecule has 0 saturated heterocycles. The quantitative estimate of drug-likeness (QED) is 0.853. The van der Waals surface area contributed by atoms with Crippen molar-refractivity contribution in [1.82, 2.24) is 9.88 Å². The summed E-state index contributed by atoms with van der Waals surface area (Å²) >= 11 is 0. The van der Waals surface area contributed by atoms with E-state index in [-0.39, 0.29) is 11.9 Å². The van der Waals surface area contributed by atoms with E-state index in [1.54, 1.807) is 11.8 Å². The number of carbonyl (C=O) groups is 1. The van der Waals surface area contributed by atoms with E-state index in [0.29, 0.717) is 18.9 Å². The lowest BCUT2D eigenvalue weighted by atomic mass is 10.2. The Labute approximate surface area is 101 Å². The van der Waals surface area contributed by atoms with Crippen LogP contribution >= 0.6 is 0 Å². The number of aromatic nitrogens is 1. The zero-order valence-electron chi connectivity index (χ0n) is 10.4. The molecular formula is C12H18FN3O. The number of hydrogen-bond donors (Lipinski definition) is 1. The third kappa shape index (κ3) is 3.69. The molecule has 94 valence electrons. The molecule has 1 aromatic rings. The van der Waals surface area contributed by atoms with E-state index in [9.17, 15) is 9.18 Å². The minimum Gasteiger partial charge on any atom is -0.359 e. The van der Waals surface area contributed by atoms with Gasteiger partial charge in [0.2, 0.25) is 5.91 Å². The van der Waals surface area contributed by atoms with Gasteiger partial charge in [-0.2, -0.15) is 0 Å². The maximum Gasteiger partial charge on any atom is 0.244 e. The molecule has 1 unspecified atom stereocenters. The topological polar surface area (TPSA) is 45.2 Å². The van der Waals surface area contributed by atoms with Gasteiger partial charge in [0.15, 0.2) is 0 Å². The molecule has 1 heterocycles. The van der Waals surface area contributed by atoms with Crippen LogP contribution in [0.2, 0.25) is 0 Å². The second-order valence-electron chi connectivity index (χ2n) is 3.74. The van der Waals surface area contributed by atoms with E-state index in [0.717, 1.165) is 6.20 Å². The van der Waals surface area contributed by atoms with Gasteiger partial charge in [-0.15, -0.1) is 0 Å². The minimum absolute atomic E-state index is 0.0149. The van der Waals surface area contributed by atoms with Gasteiger partial charge in [0.25, 0.3) is 0 Å². The predicted octanol–water partition coefficient (Wildman–Crippen LogP) is 1.89. The molecule has 1 rings (SSSR count). The minimum atomic E-state index is -0.390. The first-order chi connectivity index (χ1) is 8.08. The monoisotopic (exact) mass is 239 g/mol. The molecule has 0 aromatic carbocycles. The van der Waals surface area contributed by atoms with Crippen molar-refractivity contribution in [3.8, 4) is 0 Å². The van der Waals surface area contributed by atoms with Crippen LogP contribution in [0.1, 0.15) is 20.8 Å². The summed E-state index contributed by atoms with van der Waals surface area (Å²) in [7, 11) is 0. The van der Waals surface area contributed by atoms with Crippen LogP contribution in [-0.2, 0) is 4.79 Å². The normalized spacial score (nSPS) is 12.0. The molecule has 1 atom stereocenters. The zero-order valence-corrected chi connectivity index (χ0v) is 10.4. The fourth-order valence-corrected chi connectivity index (χ4v) is 1.55. The third-order valence-electron chi connectivity index (χ3n) is 2.54. The molecule has 4 nitrogen and oxygen atoms in total. The number of halogens is 1. The van der Waals surface area contributed by atoms with Gasteiger partial charge in [0, 0.05) is 13.1 Å². The first-order valence-electron chi connectivity index (χ1n) is 5.75. The highest BCUT2D eigenvalue weighted by atomic mass is 19.1. The van der Waals surface area contributed by atoms with Gasteiger partial charge in [0.05, 0.1) is 6.20 Å². The molecule has 0 bridgehead atoms. The molecule has 0 saturated carbocycles. The summed E-state index contributed by atoms with van der Waals surface area (Å²) in [6.07, 6.45) is 1.12. The summed E-state index contributed by atoms with van der Waals surface area (Å²) < 4.78 is 12.7. The van der Waals surface area contributed by atoms with Crippen LogP contribution in [0, 0.1) is 5.82 Å². The van der Waals surface area contributed by atoms with Crippen molar-refractivity contribution >= 4 is 11.7 Å². The number of amides is 1. The average Bonchev–Trinajstić information content (AvgIpc) is 2.33. The fraction of sp³-hybridized carbons (Fsp3) is 0.500. The average molecular weight is 239 g/mol. The van der Waals surface area contributed by atoms with Crippen LogP contribution in [0.5, 0.6) is 0 Å². The Kier molecular flexibility index (Phi) is 4.87. The van der Waals surface area contributed by atoms with Gasteiger partial charge >= 0.3 is 0 Å². The van der Waals surface area contributed by atoms with Crippen molar-refractivity contribution in [3.63, 3.8) is 0 Å². The number of carbonyl (C=O) groups excluding carboxylic acids is 1. The molecule has 0 fully saturated rings. The van der Waals surface area contributed by atoms with Crippen LogP contribution in [0.3, 0.4) is 0 Å². The van der Waals surface area contributed by atoms with Gasteiger partial charge in [-0.05, 0) is 32.9 Å². The third-order valence-corrected chi connectivity index (χ3v) is 2.54. The lowest BCUT2D eigenvalue weighted by Crippen LogP contribution is -2.41. The molecule has 1 aromatic heterocycles. The number of nitrogens with one attached hydrogen (secondary N) is 1. The number of nitrogens with zero attached hydrogens (tertiary/aromatic N) is 2. The van der Waals surface area contributed by atoms with E-state index in [1.165, 1.54) is 12.1 Å². The Morgan fingerprint density at radius 2 is 2.12 bits per heavy atom. The first-order valence-corrected chi connectivity index (χ1v) is 5.75. The van der Waals surface area contributed by atoms with Crippen molar-refractivity contribution in [1.29, 1.82) is 0 Å². The van der Waals surface area contributed by atoms with E-state index in [2.05, 4.69) is 10.3 Å². The summed E-state index contributed by atoms with van der Waals surface area (Å²) in [5, 5.41) is 2.95. The summed E-state index contributed by atoms with van der Waals surface area (Å²) in [4.78, 5) is 17.5. The summed E-state index contributed by atoms with van der Waals surface area (Å²) in [5.41, 5.74) is 0. The Morgan fingerprint density at radius 1 is 1.47 bits per heavy atom. The number of likely N-dealkylation sites (N-methyl/N-ethyl adjacent to an activating group) is 1. The fourth-order valence-electron chi connectivity index (χ4n) is 1.55. The summed E-state index contributed by atoms with van der Waals surface area (Å²) in [6.45, 7) is 7.00. The number of anilines is 1. The molecule has 0 aliphatic carbocycles. The number of hydrogen-bond acceptors (Lipinski definition) is 3. The Hall–Kier alpha value is -1.65. The Balaban J connectivity index is 2.62. The standard InChI is InChI=1S/C12H18FN3O/c1-4-16(5-2)12(17)9(3)15-11-7-6-10(13)8-14-11/h6-9H,4-5H2,1-3H3,(H,14,15). The molecule has 5 heteroatoms.